The molecule has 1 spiro atoms. The second-order valence-electron chi connectivity index (χ2n) is 10.9. The number of pyridine rings is 1. The van der Waals surface area contributed by atoms with Crippen LogP contribution in [0, 0.1) is 5.41 Å². The van der Waals surface area contributed by atoms with Crippen LogP contribution < -0.4 is 15.4 Å². The number of amides is 1. The van der Waals surface area contributed by atoms with E-state index >= 15 is 0 Å². The van der Waals surface area contributed by atoms with Crippen molar-refractivity contribution in [2.45, 2.75) is 83.1 Å². The molecular formula is C27H37N3O3S. The first-order valence-corrected chi connectivity index (χ1v) is 13.1. The van der Waals surface area contributed by atoms with E-state index in [1.54, 1.807) is 12.1 Å². The third-order valence-electron chi connectivity index (χ3n) is 6.72. The van der Waals surface area contributed by atoms with Crippen molar-refractivity contribution in [2.75, 3.05) is 6.54 Å². The number of aliphatic hydroxyl groups is 1. The number of thiophene rings is 1. The molecule has 184 valence electrons. The zero-order chi connectivity index (χ0) is 24.3. The molecule has 0 unspecified atom stereocenters. The Morgan fingerprint density at radius 1 is 1.44 bits per heavy atom. The van der Waals surface area contributed by atoms with E-state index in [9.17, 15) is 9.90 Å². The first-order valence-electron chi connectivity index (χ1n) is 12.2. The minimum absolute atomic E-state index is 0.0449. The summed E-state index contributed by atoms with van der Waals surface area (Å²) in [4.78, 5) is 17.9. The summed E-state index contributed by atoms with van der Waals surface area (Å²) >= 11 is 1.39. The molecule has 6 nitrogen and oxygen atoms in total. The highest BCUT2D eigenvalue weighted by molar-refractivity contribution is 7.12. The molecular weight excluding hydrogens is 446 g/mol. The van der Waals surface area contributed by atoms with Crippen LogP contribution in [0.25, 0.3) is 0 Å². The molecule has 34 heavy (non-hydrogen) atoms. The van der Waals surface area contributed by atoms with Crippen molar-refractivity contribution in [1.29, 1.82) is 0 Å². The van der Waals surface area contributed by atoms with E-state index in [0.29, 0.717) is 23.7 Å². The Balaban J connectivity index is 1.47. The van der Waals surface area contributed by atoms with Gasteiger partial charge < -0.3 is 20.5 Å². The highest BCUT2D eigenvalue weighted by Crippen LogP contribution is 2.48. The summed E-state index contributed by atoms with van der Waals surface area (Å²) in [6, 6.07) is 5.48. The van der Waals surface area contributed by atoms with Crippen molar-refractivity contribution >= 4 is 17.2 Å². The van der Waals surface area contributed by atoms with Crippen molar-refractivity contribution in [2.24, 2.45) is 5.41 Å². The lowest BCUT2D eigenvalue weighted by Crippen LogP contribution is -2.52. The third kappa shape index (κ3) is 5.88. The molecule has 7 heteroatoms. The summed E-state index contributed by atoms with van der Waals surface area (Å²) in [5, 5.41) is 19.4. The predicted octanol–water partition coefficient (Wildman–Crippen LogP) is 4.80. The van der Waals surface area contributed by atoms with Crippen LogP contribution in [0.15, 0.2) is 42.4 Å². The molecule has 3 heterocycles. The van der Waals surface area contributed by atoms with Crippen LogP contribution >= 0.6 is 11.3 Å². The average Bonchev–Trinajstić information content (AvgIpc) is 3.30. The Morgan fingerprint density at radius 3 is 2.85 bits per heavy atom. The summed E-state index contributed by atoms with van der Waals surface area (Å²) in [6.45, 7) is 10.8. The highest BCUT2D eigenvalue weighted by atomic mass is 32.1. The predicted molar refractivity (Wildman–Crippen MR) is 136 cm³/mol. The van der Waals surface area contributed by atoms with Gasteiger partial charge in [-0.2, -0.15) is 0 Å². The summed E-state index contributed by atoms with van der Waals surface area (Å²) in [7, 11) is 0. The monoisotopic (exact) mass is 483 g/mol. The van der Waals surface area contributed by atoms with E-state index in [2.05, 4.69) is 44.1 Å². The van der Waals surface area contributed by atoms with E-state index in [1.807, 2.05) is 17.6 Å². The number of carbonyl (C=O) groups excluding carboxylic acids is 1. The van der Waals surface area contributed by atoms with Gasteiger partial charge in [0.05, 0.1) is 17.0 Å². The maximum Gasteiger partial charge on any atom is 0.261 e. The molecule has 2 aromatic heterocycles. The molecule has 1 amide bonds. The largest absolute Gasteiger partial charge is 0.471 e. The first-order chi connectivity index (χ1) is 16.2. The number of fused-ring (bicyclic) bond motifs is 1. The Bertz CT molecular complexity index is 995. The lowest BCUT2D eigenvalue weighted by atomic mass is 9.73. The second-order valence-corrected chi connectivity index (χ2v) is 11.9. The van der Waals surface area contributed by atoms with Gasteiger partial charge in [-0.05, 0) is 60.6 Å². The van der Waals surface area contributed by atoms with Gasteiger partial charge in [-0.15, -0.1) is 17.9 Å². The number of nitrogens with one attached hydrogen (secondary N) is 2. The maximum atomic E-state index is 12.6. The molecule has 1 fully saturated rings. The number of hydrogen-bond acceptors (Lipinski definition) is 6. The summed E-state index contributed by atoms with van der Waals surface area (Å²) in [6.07, 6.45) is 8.45. The molecule has 1 saturated carbocycles. The molecule has 2 aliphatic rings. The number of aliphatic hydroxyl groups excluding tert-OH is 1. The maximum absolute atomic E-state index is 12.6. The molecule has 1 aliphatic heterocycles. The van der Waals surface area contributed by atoms with E-state index in [4.69, 9.17) is 9.72 Å². The molecule has 3 atom stereocenters. The van der Waals surface area contributed by atoms with Crippen LogP contribution in [0.3, 0.4) is 0 Å². The molecule has 4 rings (SSSR count). The van der Waals surface area contributed by atoms with E-state index in [1.165, 1.54) is 23.3 Å². The number of hydrogen-bond donors (Lipinski definition) is 3. The second kappa shape index (κ2) is 10.2. The van der Waals surface area contributed by atoms with Crippen LogP contribution in [0.4, 0.5) is 0 Å². The number of carbonyl (C=O) groups is 1. The third-order valence-corrected chi connectivity index (χ3v) is 7.59. The Morgan fingerprint density at radius 2 is 2.24 bits per heavy atom. The molecule has 0 saturated heterocycles. The van der Waals surface area contributed by atoms with Crippen molar-refractivity contribution in [3.05, 3.63) is 58.4 Å². The van der Waals surface area contributed by atoms with Crippen LogP contribution in [-0.2, 0) is 6.42 Å². The van der Waals surface area contributed by atoms with Crippen molar-refractivity contribution in [3.63, 3.8) is 0 Å². The van der Waals surface area contributed by atoms with E-state index in [0.717, 1.165) is 31.2 Å². The number of aromatic nitrogens is 1. The molecule has 3 N–H and O–H groups in total. The summed E-state index contributed by atoms with van der Waals surface area (Å²) in [5.41, 5.74) is 2.27. The lowest BCUT2D eigenvalue weighted by molar-refractivity contribution is -0.0420. The molecule has 0 radical (unpaired) electrons. The fourth-order valence-electron chi connectivity index (χ4n) is 4.89. The molecule has 2 aromatic rings. The highest BCUT2D eigenvalue weighted by Gasteiger charge is 2.46. The molecule has 0 aromatic carbocycles. The average molecular weight is 484 g/mol. The number of ether oxygens (including phenoxy) is 1. The first kappa shape index (κ1) is 24.9. The van der Waals surface area contributed by atoms with Crippen molar-refractivity contribution in [1.82, 2.24) is 15.6 Å². The van der Waals surface area contributed by atoms with Crippen LogP contribution in [-0.4, -0.2) is 40.3 Å². The Labute approximate surface area is 206 Å². The van der Waals surface area contributed by atoms with E-state index in [-0.39, 0.29) is 23.0 Å². The van der Waals surface area contributed by atoms with Gasteiger partial charge in [-0.3, -0.25) is 4.79 Å². The minimum Gasteiger partial charge on any atom is -0.471 e. The summed E-state index contributed by atoms with van der Waals surface area (Å²) < 4.78 is 6.37. The van der Waals surface area contributed by atoms with Gasteiger partial charge in [-0.1, -0.05) is 32.9 Å². The lowest BCUT2D eigenvalue weighted by Gasteiger charge is -2.47. The quantitative estimate of drug-likeness (QED) is 0.446. The van der Waals surface area contributed by atoms with Crippen LogP contribution in [0.1, 0.15) is 79.7 Å². The normalized spacial score (nSPS) is 20.5. The van der Waals surface area contributed by atoms with Gasteiger partial charge in [-0.25, -0.2) is 4.98 Å². The van der Waals surface area contributed by atoms with Crippen LogP contribution in [0.2, 0.25) is 0 Å². The van der Waals surface area contributed by atoms with Gasteiger partial charge in [0.15, 0.2) is 0 Å². The Hall–Kier alpha value is -2.22. The van der Waals surface area contributed by atoms with Gasteiger partial charge in [0.25, 0.3) is 5.91 Å². The zero-order valence-corrected chi connectivity index (χ0v) is 21.3. The van der Waals surface area contributed by atoms with Gasteiger partial charge in [0.1, 0.15) is 5.60 Å². The number of rotatable bonds is 9. The fourth-order valence-corrected chi connectivity index (χ4v) is 5.52. The van der Waals surface area contributed by atoms with Crippen molar-refractivity contribution < 1.29 is 14.6 Å². The molecule has 1 aliphatic carbocycles. The Kier molecular flexibility index (Phi) is 7.45. The standard InChI is InChI=1S/C27H37N3O3S/c1-5-8-20(30-24(32)23-9-6-12-34-23)22(31)17-28-21-15-27(10-7-11-27)33-25-19(21)13-18(16-29-25)14-26(2,3)4/h5-6,9,12-13,16,20-22,28,31H,1,7-8,10-11,14-15,17H2,2-4H3,(H,30,32)/t20-,21-,22+/m0/s1. The van der Waals surface area contributed by atoms with Crippen molar-refractivity contribution in [3.8, 4) is 5.88 Å². The minimum atomic E-state index is -0.753. The van der Waals surface area contributed by atoms with Gasteiger partial charge in [0.2, 0.25) is 5.88 Å². The van der Waals surface area contributed by atoms with Gasteiger partial charge in [0, 0.05) is 30.8 Å². The summed E-state index contributed by atoms with van der Waals surface area (Å²) in [5.74, 6) is 0.547. The van der Waals surface area contributed by atoms with Gasteiger partial charge >= 0.3 is 0 Å². The SMILES string of the molecule is C=CC[C@H](NC(=O)c1cccs1)[C@H](O)CN[C@H]1CC2(CCC2)Oc2ncc(CC(C)(C)C)cc21. The van der Waals surface area contributed by atoms with Crippen LogP contribution in [0.5, 0.6) is 5.88 Å². The fraction of sp³-hybridized carbons (Fsp3) is 0.556. The molecule has 0 bridgehead atoms. The smallest absolute Gasteiger partial charge is 0.261 e. The zero-order valence-electron chi connectivity index (χ0n) is 20.5. The topological polar surface area (TPSA) is 83.5 Å². The number of nitrogens with zero attached hydrogens (tertiary/aromatic N) is 1. The van der Waals surface area contributed by atoms with E-state index < -0.39 is 12.1 Å².